The number of hydrogen-bond acceptors (Lipinski definition) is 3. The molecule has 4 nitrogen and oxygen atoms in total. The molecule has 1 atom stereocenters. The summed E-state index contributed by atoms with van der Waals surface area (Å²) in [5.41, 5.74) is 2.00. The van der Waals surface area contributed by atoms with E-state index in [1.807, 2.05) is 25.3 Å². The summed E-state index contributed by atoms with van der Waals surface area (Å²) in [6.45, 7) is 3.05. The molecule has 1 aliphatic rings. The number of likely N-dealkylation sites (tertiary alicyclic amines) is 1. The largest absolute Gasteiger partial charge is 0.496 e. The normalized spacial score (nSPS) is 16.8. The molecule has 0 spiro atoms. The van der Waals surface area contributed by atoms with Gasteiger partial charge in [0, 0.05) is 47.9 Å². The number of aryl methyl sites for hydroxylation is 1. The Bertz CT molecular complexity index is 1060. The molecule has 1 saturated heterocycles. The molecule has 0 N–H and O–H groups in total. The van der Waals surface area contributed by atoms with Crippen LogP contribution in [0.1, 0.15) is 40.4 Å². The predicted molar refractivity (Wildman–Crippen MR) is 107 cm³/mol. The number of hydrogen-bond donors (Lipinski definition) is 0. The van der Waals surface area contributed by atoms with Gasteiger partial charge in [-0.05, 0) is 61.0 Å². The minimum Gasteiger partial charge on any atom is -0.496 e. The minimum atomic E-state index is -0.748. The second kappa shape index (κ2) is 7.78. The first-order valence-electron chi connectivity index (χ1n) is 9.65. The van der Waals surface area contributed by atoms with Crippen molar-refractivity contribution in [1.82, 2.24) is 9.88 Å². The number of amides is 1. The number of fused-ring (bicyclic) bond motifs is 1. The number of rotatable bonds is 3. The zero-order valence-electron chi connectivity index (χ0n) is 16.4. The fourth-order valence-electron chi connectivity index (χ4n) is 4.07. The summed E-state index contributed by atoms with van der Waals surface area (Å²) in [7, 11) is 1.65. The third-order valence-corrected chi connectivity index (χ3v) is 5.60. The van der Waals surface area contributed by atoms with Crippen LogP contribution in [0.25, 0.3) is 10.8 Å². The highest BCUT2D eigenvalue weighted by molar-refractivity contribution is 5.94. The predicted octanol–water partition coefficient (Wildman–Crippen LogP) is 4.85. The van der Waals surface area contributed by atoms with Gasteiger partial charge in [-0.2, -0.15) is 0 Å². The van der Waals surface area contributed by atoms with Crippen molar-refractivity contribution in [3.05, 3.63) is 71.1 Å². The Labute approximate surface area is 168 Å². The molecule has 29 heavy (non-hydrogen) atoms. The van der Waals surface area contributed by atoms with Crippen molar-refractivity contribution in [3.8, 4) is 5.75 Å². The Kier molecular flexibility index (Phi) is 5.18. The van der Waals surface area contributed by atoms with Gasteiger partial charge in [-0.1, -0.05) is 0 Å². The molecule has 1 aromatic heterocycles. The maximum absolute atomic E-state index is 13.5. The highest BCUT2D eigenvalue weighted by Gasteiger charge is 2.27. The van der Waals surface area contributed by atoms with Crippen LogP contribution in [0.2, 0.25) is 0 Å². The number of nitrogens with zero attached hydrogens (tertiary/aromatic N) is 2. The van der Waals surface area contributed by atoms with Gasteiger partial charge in [-0.25, -0.2) is 8.78 Å². The highest BCUT2D eigenvalue weighted by Crippen LogP contribution is 2.32. The van der Waals surface area contributed by atoms with Gasteiger partial charge in [-0.15, -0.1) is 0 Å². The average molecular weight is 396 g/mol. The maximum Gasteiger partial charge on any atom is 0.254 e. The molecule has 150 valence electrons. The van der Waals surface area contributed by atoms with Crippen molar-refractivity contribution in [3.63, 3.8) is 0 Å². The molecule has 0 aliphatic carbocycles. The van der Waals surface area contributed by atoms with Crippen molar-refractivity contribution in [2.24, 2.45) is 0 Å². The van der Waals surface area contributed by atoms with Crippen LogP contribution in [-0.2, 0) is 0 Å². The van der Waals surface area contributed by atoms with Gasteiger partial charge < -0.3 is 9.64 Å². The Balaban J connectivity index is 1.61. The average Bonchev–Trinajstić information content (AvgIpc) is 2.73. The van der Waals surface area contributed by atoms with E-state index in [2.05, 4.69) is 11.1 Å². The number of aromatic nitrogens is 1. The molecule has 1 fully saturated rings. The number of piperidine rings is 1. The van der Waals surface area contributed by atoms with Crippen LogP contribution >= 0.6 is 0 Å². The Morgan fingerprint density at radius 3 is 2.66 bits per heavy atom. The third-order valence-electron chi connectivity index (χ3n) is 5.60. The summed E-state index contributed by atoms with van der Waals surface area (Å²) >= 11 is 0. The number of carbonyl (C=O) groups is 1. The zero-order chi connectivity index (χ0) is 20.5. The van der Waals surface area contributed by atoms with Crippen LogP contribution in [0.5, 0.6) is 5.75 Å². The van der Waals surface area contributed by atoms with E-state index in [0.29, 0.717) is 13.1 Å². The minimum absolute atomic E-state index is 0.0372. The summed E-state index contributed by atoms with van der Waals surface area (Å²) in [6.07, 6.45) is 3.56. The first-order valence-corrected chi connectivity index (χ1v) is 9.65. The van der Waals surface area contributed by atoms with E-state index >= 15 is 0 Å². The third kappa shape index (κ3) is 3.79. The second-order valence-corrected chi connectivity index (χ2v) is 7.47. The lowest BCUT2D eigenvalue weighted by atomic mass is 9.92. The van der Waals surface area contributed by atoms with Crippen LogP contribution in [0.4, 0.5) is 8.78 Å². The van der Waals surface area contributed by atoms with Crippen LogP contribution in [-0.4, -0.2) is 36.0 Å². The SMILES string of the molecule is COc1ccc2cnc([C@@H]3CCCN(C(=O)c4cc(F)cc(F)c4)C3)cc2c1C. The maximum atomic E-state index is 13.5. The summed E-state index contributed by atoms with van der Waals surface area (Å²) < 4.78 is 32.4. The summed E-state index contributed by atoms with van der Waals surface area (Å²) in [5.74, 6) is -0.957. The standard InChI is InChI=1S/C23H22F2N2O2/c1-14-20-11-21(26-12-15(20)5-6-22(14)29-2)16-4-3-7-27(13-16)23(28)17-8-18(24)10-19(25)9-17/h5-6,8-12,16H,3-4,7,13H2,1-2H3/t16-/m1/s1. The Morgan fingerprint density at radius 2 is 1.93 bits per heavy atom. The molecule has 2 heterocycles. The number of carbonyl (C=O) groups excluding carboxylic acids is 1. The van der Waals surface area contributed by atoms with Crippen molar-refractivity contribution in [2.45, 2.75) is 25.7 Å². The molecular weight excluding hydrogens is 374 g/mol. The molecule has 0 bridgehead atoms. The molecule has 1 aliphatic heterocycles. The summed E-state index contributed by atoms with van der Waals surface area (Å²) in [5, 5.41) is 2.11. The quantitative estimate of drug-likeness (QED) is 0.636. The van der Waals surface area contributed by atoms with Gasteiger partial charge in [0.2, 0.25) is 0 Å². The van der Waals surface area contributed by atoms with E-state index in [1.54, 1.807) is 12.0 Å². The highest BCUT2D eigenvalue weighted by atomic mass is 19.1. The molecule has 0 saturated carbocycles. The van der Waals surface area contributed by atoms with Crippen LogP contribution in [0.15, 0.2) is 42.6 Å². The van der Waals surface area contributed by atoms with Crippen LogP contribution in [0, 0.1) is 18.6 Å². The molecule has 0 unspecified atom stereocenters. The van der Waals surface area contributed by atoms with Gasteiger partial charge in [0.05, 0.1) is 7.11 Å². The van der Waals surface area contributed by atoms with E-state index in [-0.39, 0.29) is 17.4 Å². The number of ether oxygens (including phenoxy) is 1. The summed E-state index contributed by atoms with van der Waals surface area (Å²) in [4.78, 5) is 19.1. The lowest BCUT2D eigenvalue weighted by molar-refractivity contribution is 0.0705. The van der Waals surface area contributed by atoms with E-state index in [4.69, 9.17) is 4.74 Å². The van der Waals surface area contributed by atoms with Crippen molar-refractivity contribution in [2.75, 3.05) is 20.2 Å². The van der Waals surface area contributed by atoms with Gasteiger partial charge in [0.1, 0.15) is 17.4 Å². The molecule has 2 aromatic carbocycles. The van der Waals surface area contributed by atoms with Gasteiger partial charge in [0.25, 0.3) is 5.91 Å². The van der Waals surface area contributed by atoms with Crippen molar-refractivity contribution >= 4 is 16.7 Å². The van der Waals surface area contributed by atoms with Crippen LogP contribution < -0.4 is 4.74 Å². The number of benzene rings is 2. The van der Waals surface area contributed by atoms with E-state index in [0.717, 1.165) is 58.8 Å². The topological polar surface area (TPSA) is 42.4 Å². The molecule has 3 aromatic rings. The fourth-order valence-corrected chi connectivity index (χ4v) is 4.07. The van der Waals surface area contributed by atoms with Gasteiger partial charge in [0.15, 0.2) is 0 Å². The number of halogens is 2. The fraction of sp³-hybridized carbons (Fsp3) is 0.304. The first kappa shape index (κ1) is 19.3. The zero-order valence-corrected chi connectivity index (χ0v) is 16.4. The molecule has 1 amide bonds. The van der Waals surface area contributed by atoms with Crippen LogP contribution in [0.3, 0.4) is 0 Å². The molecule has 6 heteroatoms. The second-order valence-electron chi connectivity index (χ2n) is 7.47. The Hall–Kier alpha value is -3.02. The summed E-state index contributed by atoms with van der Waals surface area (Å²) in [6, 6.07) is 8.91. The lowest BCUT2D eigenvalue weighted by Crippen LogP contribution is -2.39. The monoisotopic (exact) mass is 396 g/mol. The number of pyridine rings is 1. The first-order chi connectivity index (χ1) is 14.0. The molecule has 0 radical (unpaired) electrons. The van der Waals surface area contributed by atoms with Crippen molar-refractivity contribution in [1.29, 1.82) is 0 Å². The van der Waals surface area contributed by atoms with Gasteiger partial charge >= 0.3 is 0 Å². The smallest absolute Gasteiger partial charge is 0.254 e. The van der Waals surface area contributed by atoms with E-state index < -0.39 is 11.6 Å². The number of methoxy groups -OCH3 is 1. The van der Waals surface area contributed by atoms with E-state index in [9.17, 15) is 13.6 Å². The lowest BCUT2D eigenvalue weighted by Gasteiger charge is -2.32. The molecular formula is C23H22F2N2O2. The Morgan fingerprint density at radius 1 is 1.17 bits per heavy atom. The van der Waals surface area contributed by atoms with Crippen molar-refractivity contribution < 1.29 is 18.3 Å². The van der Waals surface area contributed by atoms with Gasteiger partial charge in [-0.3, -0.25) is 9.78 Å². The van der Waals surface area contributed by atoms with E-state index in [1.165, 1.54) is 0 Å². The molecule has 4 rings (SSSR count).